The van der Waals surface area contributed by atoms with E-state index in [2.05, 4.69) is 19.9 Å². The van der Waals surface area contributed by atoms with Crippen molar-refractivity contribution >= 4 is 11.9 Å². The lowest BCUT2D eigenvalue weighted by molar-refractivity contribution is 0.0584. The molecule has 0 N–H and O–H groups in total. The number of carbonyl (C=O) groups is 1. The molecule has 1 amide bonds. The zero-order chi connectivity index (χ0) is 20.8. The topological polar surface area (TPSA) is 75.4 Å². The summed E-state index contributed by atoms with van der Waals surface area (Å²) in [6.45, 7) is 6.02. The van der Waals surface area contributed by atoms with Crippen LogP contribution in [0.15, 0.2) is 41.1 Å². The number of fused-ring (bicyclic) bond motifs is 1. The van der Waals surface area contributed by atoms with E-state index in [-0.39, 0.29) is 29.0 Å². The zero-order valence-corrected chi connectivity index (χ0v) is 16.9. The number of aryl methyl sites for hydroxylation is 2. The van der Waals surface area contributed by atoms with Gasteiger partial charge in [-0.2, -0.15) is 0 Å². The second-order valence-electron chi connectivity index (χ2n) is 7.98. The minimum atomic E-state index is -0.445. The fraction of sp³-hybridized carbons (Fsp3) is 0.364. The summed E-state index contributed by atoms with van der Waals surface area (Å²) in [5, 5.41) is 0. The van der Waals surface area contributed by atoms with Gasteiger partial charge in [0.1, 0.15) is 5.82 Å². The second kappa shape index (κ2) is 7.19. The number of amides is 1. The Morgan fingerprint density at radius 1 is 1.17 bits per heavy atom. The highest BCUT2D eigenvalue weighted by atomic mass is 19.1. The normalized spacial score (nSPS) is 20.6. The van der Waals surface area contributed by atoms with Gasteiger partial charge < -0.3 is 14.2 Å². The lowest BCUT2D eigenvalue weighted by Crippen LogP contribution is -2.65. The third kappa shape index (κ3) is 3.12. The Kier molecular flexibility index (Phi) is 4.49. The Hall–Kier alpha value is -3.29. The Bertz CT molecular complexity index is 1090. The smallest absolute Gasteiger partial charge is 0.276 e. The summed E-state index contributed by atoms with van der Waals surface area (Å²) < 4.78 is 19.6. The van der Waals surface area contributed by atoms with E-state index in [1.54, 1.807) is 23.1 Å². The highest BCUT2D eigenvalue weighted by Crippen LogP contribution is 2.36. The first kappa shape index (κ1) is 18.7. The molecule has 0 aliphatic carbocycles. The number of hydrogen-bond donors (Lipinski definition) is 0. The van der Waals surface area contributed by atoms with Crippen molar-refractivity contribution in [2.45, 2.75) is 26.3 Å². The maximum absolute atomic E-state index is 14.2. The number of carbonyl (C=O) groups excluding carboxylic acids is 1. The third-order valence-electron chi connectivity index (χ3n) is 5.96. The lowest BCUT2D eigenvalue weighted by atomic mass is 9.82. The largest absolute Gasteiger partial charge is 0.443 e. The highest BCUT2D eigenvalue weighted by Gasteiger charge is 2.45. The Labute approximate surface area is 173 Å². The van der Waals surface area contributed by atoms with Crippen molar-refractivity contribution in [3.8, 4) is 11.3 Å². The first-order chi connectivity index (χ1) is 14.5. The van der Waals surface area contributed by atoms with E-state index < -0.39 is 5.82 Å². The first-order valence-corrected chi connectivity index (χ1v) is 10.1. The second-order valence-corrected chi connectivity index (χ2v) is 7.98. The van der Waals surface area contributed by atoms with Crippen LogP contribution in [0.5, 0.6) is 0 Å². The molecule has 5 rings (SSSR count). The van der Waals surface area contributed by atoms with Crippen molar-refractivity contribution in [1.29, 1.82) is 0 Å². The van der Waals surface area contributed by atoms with Crippen LogP contribution < -0.4 is 4.90 Å². The van der Waals surface area contributed by atoms with E-state index in [1.807, 2.05) is 19.9 Å². The Morgan fingerprint density at radius 2 is 1.93 bits per heavy atom. The quantitative estimate of drug-likeness (QED) is 0.664. The number of piperidine rings is 1. The summed E-state index contributed by atoms with van der Waals surface area (Å²) in [5.41, 5.74) is 2.25. The molecule has 2 saturated heterocycles. The molecule has 0 bridgehead atoms. The molecule has 1 aromatic carbocycles. The molecule has 0 unspecified atom stereocenters. The van der Waals surface area contributed by atoms with Crippen LogP contribution in [-0.4, -0.2) is 51.4 Å². The van der Waals surface area contributed by atoms with Crippen LogP contribution >= 0.6 is 0 Å². The molecule has 0 saturated carbocycles. The minimum Gasteiger partial charge on any atom is -0.443 e. The average molecular weight is 407 g/mol. The van der Waals surface area contributed by atoms with Gasteiger partial charge in [-0.3, -0.25) is 4.79 Å². The van der Waals surface area contributed by atoms with Crippen LogP contribution in [-0.2, 0) is 0 Å². The van der Waals surface area contributed by atoms with E-state index >= 15 is 0 Å². The maximum Gasteiger partial charge on any atom is 0.276 e. The monoisotopic (exact) mass is 407 g/mol. The molecule has 2 aromatic heterocycles. The van der Waals surface area contributed by atoms with Gasteiger partial charge in [0, 0.05) is 36.9 Å². The van der Waals surface area contributed by atoms with Gasteiger partial charge in [-0.25, -0.2) is 19.3 Å². The minimum absolute atomic E-state index is 0.145. The van der Waals surface area contributed by atoms with E-state index in [9.17, 15) is 9.18 Å². The summed E-state index contributed by atoms with van der Waals surface area (Å²) in [6, 6.07) is 8.36. The third-order valence-corrected chi connectivity index (χ3v) is 5.96. The number of hydrogen-bond acceptors (Lipinski definition) is 6. The average Bonchev–Trinajstić information content (AvgIpc) is 3.17. The molecule has 2 atom stereocenters. The number of benzene rings is 1. The van der Waals surface area contributed by atoms with Crippen molar-refractivity contribution in [3.05, 3.63) is 59.6 Å². The van der Waals surface area contributed by atoms with E-state index in [0.29, 0.717) is 19.0 Å². The van der Waals surface area contributed by atoms with Crippen molar-refractivity contribution in [2.75, 3.05) is 24.5 Å². The van der Waals surface area contributed by atoms with Gasteiger partial charge in [-0.15, -0.1) is 0 Å². The molecule has 8 heteroatoms. The van der Waals surface area contributed by atoms with Crippen LogP contribution in [0.3, 0.4) is 0 Å². The van der Waals surface area contributed by atoms with Gasteiger partial charge in [-0.05, 0) is 38.5 Å². The molecular formula is C22H22FN5O2. The summed E-state index contributed by atoms with van der Waals surface area (Å²) in [7, 11) is 0. The van der Waals surface area contributed by atoms with Gasteiger partial charge in [0.25, 0.3) is 5.91 Å². The molecule has 2 aliphatic heterocycles. The molecule has 0 spiro atoms. The van der Waals surface area contributed by atoms with Crippen LogP contribution in [0.2, 0.25) is 0 Å². The fourth-order valence-corrected chi connectivity index (χ4v) is 4.43. The van der Waals surface area contributed by atoms with Crippen molar-refractivity contribution in [3.63, 3.8) is 0 Å². The SMILES string of the molecule is Cc1cc(C)nc(N2C[C@@H]3CCN(C(=O)c4ncoc4-c4ccccc4F)C[C@@H]32)n1. The first-order valence-electron chi connectivity index (χ1n) is 10.1. The van der Waals surface area contributed by atoms with Crippen molar-refractivity contribution < 1.29 is 13.6 Å². The fourth-order valence-electron chi connectivity index (χ4n) is 4.43. The van der Waals surface area contributed by atoms with E-state index in [0.717, 1.165) is 30.3 Å². The van der Waals surface area contributed by atoms with E-state index in [4.69, 9.17) is 4.42 Å². The van der Waals surface area contributed by atoms with Gasteiger partial charge in [0.05, 0.1) is 11.6 Å². The summed E-state index contributed by atoms with van der Waals surface area (Å²) >= 11 is 0. The molecule has 2 aliphatic rings. The summed E-state index contributed by atoms with van der Waals surface area (Å²) in [4.78, 5) is 30.4. The number of anilines is 1. The summed E-state index contributed by atoms with van der Waals surface area (Å²) in [6.07, 6.45) is 2.10. The lowest BCUT2D eigenvalue weighted by Gasteiger charge is -2.53. The van der Waals surface area contributed by atoms with Crippen molar-refractivity contribution in [1.82, 2.24) is 19.9 Å². The number of aromatic nitrogens is 3. The van der Waals surface area contributed by atoms with Crippen LogP contribution in [0.4, 0.5) is 10.3 Å². The number of rotatable bonds is 3. The Balaban J connectivity index is 1.37. The molecular weight excluding hydrogens is 385 g/mol. The maximum atomic E-state index is 14.2. The van der Waals surface area contributed by atoms with Crippen LogP contribution in [0, 0.1) is 25.6 Å². The standard InChI is InChI=1S/C22H22FN5O2/c1-13-9-14(2)26-22(25-13)28-10-15-7-8-27(11-18(15)28)21(29)19-20(30-12-24-19)16-5-3-4-6-17(16)23/h3-6,9,12,15,18H,7-8,10-11H2,1-2H3/t15-,18-/m0/s1. The Morgan fingerprint density at radius 3 is 2.70 bits per heavy atom. The molecule has 7 nitrogen and oxygen atoms in total. The van der Waals surface area contributed by atoms with Crippen LogP contribution in [0.1, 0.15) is 28.3 Å². The van der Waals surface area contributed by atoms with E-state index in [1.165, 1.54) is 12.5 Å². The van der Waals surface area contributed by atoms with Gasteiger partial charge in [-0.1, -0.05) is 12.1 Å². The van der Waals surface area contributed by atoms with Crippen LogP contribution in [0.25, 0.3) is 11.3 Å². The zero-order valence-electron chi connectivity index (χ0n) is 16.9. The van der Waals surface area contributed by atoms with Gasteiger partial charge in [0.15, 0.2) is 17.8 Å². The molecule has 3 aromatic rings. The molecule has 154 valence electrons. The molecule has 30 heavy (non-hydrogen) atoms. The molecule has 4 heterocycles. The van der Waals surface area contributed by atoms with Crippen molar-refractivity contribution in [2.24, 2.45) is 5.92 Å². The summed E-state index contributed by atoms with van der Waals surface area (Å²) in [5.74, 6) is 0.717. The number of nitrogens with zero attached hydrogens (tertiary/aromatic N) is 5. The van der Waals surface area contributed by atoms with Gasteiger partial charge >= 0.3 is 0 Å². The predicted molar refractivity (Wildman–Crippen MR) is 109 cm³/mol. The number of oxazole rings is 1. The number of halogens is 1. The predicted octanol–water partition coefficient (Wildman–Crippen LogP) is 3.24. The number of likely N-dealkylation sites (tertiary alicyclic amines) is 1. The highest BCUT2D eigenvalue weighted by molar-refractivity contribution is 5.97. The van der Waals surface area contributed by atoms with Gasteiger partial charge in [0.2, 0.25) is 5.95 Å². The molecule has 2 fully saturated rings. The molecule has 0 radical (unpaired) electrons.